The molecule has 0 bridgehead atoms. The van der Waals surface area contributed by atoms with Crippen LogP contribution in [0.1, 0.15) is 36.0 Å². The van der Waals surface area contributed by atoms with Gasteiger partial charge in [-0.2, -0.15) is 4.98 Å². The fraction of sp³-hybridized carbons (Fsp3) is 0.471. The van der Waals surface area contributed by atoms with Crippen molar-refractivity contribution in [3.63, 3.8) is 0 Å². The number of amides is 1. The van der Waals surface area contributed by atoms with Crippen molar-refractivity contribution in [2.24, 2.45) is 0 Å². The number of likely N-dealkylation sites (tertiary alicyclic amines) is 1. The quantitative estimate of drug-likeness (QED) is 0.840. The van der Waals surface area contributed by atoms with Crippen molar-refractivity contribution in [2.45, 2.75) is 31.8 Å². The van der Waals surface area contributed by atoms with E-state index in [9.17, 15) is 9.18 Å². The molecule has 7 heteroatoms. The summed E-state index contributed by atoms with van der Waals surface area (Å²) in [5.41, 5.74) is 0.684. The molecule has 0 N–H and O–H groups in total. The van der Waals surface area contributed by atoms with Crippen LogP contribution >= 0.6 is 0 Å². The van der Waals surface area contributed by atoms with Crippen molar-refractivity contribution in [2.75, 3.05) is 20.2 Å². The number of carbonyl (C=O) groups is 1. The Hall–Kier alpha value is -2.28. The average Bonchev–Trinajstić information content (AvgIpc) is 3.04. The van der Waals surface area contributed by atoms with Gasteiger partial charge >= 0.3 is 0 Å². The molecule has 1 aliphatic heterocycles. The molecule has 2 heterocycles. The van der Waals surface area contributed by atoms with Crippen LogP contribution in [0.3, 0.4) is 0 Å². The van der Waals surface area contributed by atoms with Gasteiger partial charge in [-0.1, -0.05) is 17.3 Å². The highest BCUT2D eigenvalue weighted by molar-refractivity contribution is 5.79. The van der Waals surface area contributed by atoms with Crippen molar-refractivity contribution in [1.82, 2.24) is 15.0 Å². The number of rotatable bonds is 5. The van der Waals surface area contributed by atoms with Crippen LogP contribution in [0.4, 0.5) is 4.39 Å². The maximum absolute atomic E-state index is 13.2. The van der Waals surface area contributed by atoms with Gasteiger partial charge in [0.2, 0.25) is 5.91 Å². The second-order valence-electron chi connectivity index (χ2n) is 5.96. The lowest BCUT2D eigenvalue weighted by Crippen LogP contribution is -2.40. The van der Waals surface area contributed by atoms with Crippen LogP contribution in [-0.2, 0) is 22.6 Å². The molecule has 1 amide bonds. The van der Waals surface area contributed by atoms with Crippen LogP contribution in [-0.4, -0.2) is 41.1 Å². The number of halogens is 1. The minimum atomic E-state index is -0.325. The third-order valence-electron chi connectivity index (χ3n) is 4.14. The van der Waals surface area contributed by atoms with Crippen molar-refractivity contribution in [3.8, 4) is 0 Å². The lowest BCUT2D eigenvalue weighted by atomic mass is 9.96. The topological polar surface area (TPSA) is 68.5 Å². The maximum Gasteiger partial charge on any atom is 0.252 e. The first kappa shape index (κ1) is 16.6. The zero-order valence-electron chi connectivity index (χ0n) is 13.6. The molecule has 1 aromatic heterocycles. The highest BCUT2D eigenvalue weighted by atomic mass is 19.1. The van der Waals surface area contributed by atoms with Gasteiger partial charge in [0.25, 0.3) is 5.89 Å². The molecule has 24 heavy (non-hydrogen) atoms. The third-order valence-corrected chi connectivity index (χ3v) is 4.14. The van der Waals surface area contributed by atoms with Gasteiger partial charge in [-0.05, 0) is 30.5 Å². The summed E-state index contributed by atoms with van der Waals surface area (Å²) in [5, 5.41) is 3.99. The molecule has 2 aromatic rings. The predicted molar refractivity (Wildman–Crippen MR) is 83.7 cm³/mol. The van der Waals surface area contributed by atoms with Crippen molar-refractivity contribution < 1.29 is 18.4 Å². The molecule has 1 unspecified atom stereocenters. The van der Waals surface area contributed by atoms with E-state index in [2.05, 4.69) is 10.1 Å². The fourth-order valence-corrected chi connectivity index (χ4v) is 2.96. The number of hydrogen-bond donors (Lipinski definition) is 0. The van der Waals surface area contributed by atoms with Crippen LogP contribution in [0.15, 0.2) is 28.8 Å². The number of methoxy groups -OCH3 is 1. The van der Waals surface area contributed by atoms with E-state index in [0.29, 0.717) is 30.4 Å². The molecule has 1 aromatic carbocycles. The van der Waals surface area contributed by atoms with Crippen molar-refractivity contribution in [1.29, 1.82) is 0 Å². The highest BCUT2D eigenvalue weighted by Gasteiger charge is 2.28. The van der Waals surface area contributed by atoms with Gasteiger partial charge in [0, 0.05) is 26.1 Å². The Morgan fingerprint density at radius 2 is 2.38 bits per heavy atom. The second-order valence-corrected chi connectivity index (χ2v) is 5.96. The van der Waals surface area contributed by atoms with E-state index in [1.165, 1.54) is 12.1 Å². The first-order chi connectivity index (χ1) is 11.7. The first-order valence-electron chi connectivity index (χ1n) is 7.99. The standard InChI is InChI=1S/C17H20FN3O3/c1-23-11-15-19-17(20-24-15)13-5-3-7-21(10-13)16(22)9-12-4-2-6-14(18)8-12/h2,4,6,8,13H,3,5,7,9-11H2,1H3. The lowest BCUT2D eigenvalue weighted by molar-refractivity contribution is -0.131. The van der Waals surface area contributed by atoms with Gasteiger partial charge in [0.05, 0.1) is 6.42 Å². The SMILES string of the molecule is COCc1nc(C2CCCN(C(=O)Cc3cccc(F)c3)C2)no1. The van der Waals surface area contributed by atoms with Crippen LogP contribution in [0.2, 0.25) is 0 Å². The van der Waals surface area contributed by atoms with Crippen LogP contribution in [0.5, 0.6) is 0 Å². The Bertz CT molecular complexity index is 704. The summed E-state index contributed by atoms with van der Waals surface area (Å²) in [5.74, 6) is 0.783. The molecule has 1 aliphatic rings. The molecule has 0 spiro atoms. The van der Waals surface area contributed by atoms with Gasteiger partial charge < -0.3 is 14.2 Å². The number of benzene rings is 1. The van der Waals surface area contributed by atoms with Gasteiger partial charge in [0.1, 0.15) is 12.4 Å². The fourth-order valence-electron chi connectivity index (χ4n) is 2.96. The normalized spacial score (nSPS) is 17.9. The molecule has 128 valence electrons. The Morgan fingerprint density at radius 1 is 1.50 bits per heavy atom. The molecule has 1 saturated heterocycles. The third kappa shape index (κ3) is 3.97. The van der Waals surface area contributed by atoms with Crippen molar-refractivity contribution in [3.05, 3.63) is 47.4 Å². The van der Waals surface area contributed by atoms with E-state index in [4.69, 9.17) is 9.26 Å². The first-order valence-corrected chi connectivity index (χ1v) is 7.99. The van der Waals surface area contributed by atoms with Gasteiger partial charge in [-0.15, -0.1) is 0 Å². The van der Waals surface area contributed by atoms with Gasteiger partial charge in [-0.25, -0.2) is 4.39 Å². The van der Waals surface area contributed by atoms with E-state index < -0.39 is 0 Å². The summed E-state index contributed by atoms with van der Waals surface area (Å²) in [6, 6.07) is 6.15. The van der Waals surface area contributed by atoms with Crippen LogP contribution < -0.4 is 0 Å². The van der Waals surface area contributed by atoms with E-state index >= 15 is 0 Å². The minimum absolute atomic E-state index is 0.00842. The number of carbonyl (C=O) groups excluding carboxylic acids is 1. The number of nitrogens with zero attached hydrogens (tertiary/aromatic N) is 3. The number of aromatic nitrogens is 2. The Kier molecular flexibility index (Phi) is 5.20. The number of ether oxygens (including phenoxy) is 1. The van der Waals surface area contributed by atoms with E-state index in [0.717, 1.165) is 12.8 Å². The predicted octanol–water partition coefficient (Wildman–Crippen LogP) is 2.30. The zero-order chi connectivity index (χ0) is 16.9. The second kappa shape index (κ2) is 7.53. The molecule has 3 rings (SSSR count). The van der Waals surface area contributed by atoms with E-state index in [1.807, 2.05) is 0 Å². The summed E-state index contributed by atoms with van der Waals surface area (Å²) in [6.07, 6.45) is 2.00. The Morgan fingerprint density at radius 3 is 3.17 bits per heavy atom. The van der Waals surface area contributed by atoms with Gasteiger partial charge in [-0.3, -0.25) is 4.79 Å². The lowest BCUT2D eigenvalue weighted by Gasteiger charge is -2.31. The molecule has 0 saturated carbocycles. The zero-order valence-corrected chi connectivity index (χ0v) is 13.6. The highest BCUT2D eigenvalue weighted by Crippen LogP contribution is 2.25. The molecule has 0 radical (unpaired) electrons. The molecule has 1 fully saturated rings. The Balaban J connectivity index is 1.63. The number of piperidine rings is 1. The molecule has 1 atom stereocenters. The minimum Gasteiger partial charge on any atom is -0.375 e. The molecule has 6 nitrogen and oxygen atoms in total. The summed E-state index contributed by atoms with van der Waals surface area (Å²) in [6.45, 7) is 1.54. The van der Waals surface area contributed by atoms with E-state index in [-0.39, 0.29) is 30.7 Å². The van der Waals surface area contributed by atoms with E-state index in [1.54, 1.807) is 24.1 Å². The maximum atomic E-state index is 13.2. The van der Waals surface area contributed by atoms with Crippen LogP contribution in [0.25, 0.3) is 0 Å². The molecular weight excluding hydrogens is 313 g/mol. The molecule has 0 aliphatic carbocycles. The summed E-state index contributed by atoms with van der Waals surface area (Å²) < 4.78 is 23.4. The number of hydrogen-bond acceptors (Lipinski definition) is 5. The monoisotopic (exact) mass is 333 g/mol. The smallest absolute Gasteiger partial charge is 0.252 e. The largest absolute Gasteiger partial charge is 0.375 e. The van der Waals surface area contributed by atoms with Crippen LogP contribution in [0, 0.1) is 5.82 Å². The summed E-state index contributed by atoms with van der Waals surface area (Å²) >= 11 is 0. The van der Waals surface area contributed by atoms with Crippen molar-refractivity contribution >= 4 is 5.91 Å². The summed E-state index contributed by atoms with van der Waals surface area (Å²) in [7, 11) is 1.57. The molecular formula is C17H20FN3O3. The average molecular weight is 333 g/mol. The summed E-state index contributed by atoms with van der Waals surface area (Å²) in [4.78, 5) is 18.6. The van der Waals surface area contributed by atoms with Gasteiger partial charge in [0.15, 0.2) is 5.82 Å². The Labute approximate surface area is 139 Å².